The van der Waals surface area contributed by atoms with Crippen molar-refractivity contribution in [2.24, 2.45) is 0 Å². The van der Waals surface area contributed by atoms with E-state index in [0.717, 1.165) is 11.1 Å². The van der Waals surface area contributed by atoms with E-state index in [1.54, 1.807) is 6.07 Å². The summed E-state index contributed by atoms with van der Waals surface area (Å²) in [5.41, 5.74) is 2.46. The number of aliphatic hydroxyl groups is 1. The second-order valence-corrected chi connectivity index (χ2v) is 6.21. The summed E-state index contributed by atoms with van der Waals surface area (Å²) >= 11 is 0. The molecule has 0 fully saturated rings. The third kappa shape index (κ3) is 5.72. The summed E-state index contributed by atoms with van der Waals surface area (Å²) in [5, 5.41) is 15.2. The van der Waals surface area contributed by atoms with E-state index in [9.17, 15) is 14.7 Å². The summed E-state index contributed by atoms with van der Waals surface area (Å²) in [4.78, 5) is 23.8. The van der Waals surface area contributed by atoms with Crippen molar-refractivity contribution in [3.05, 3.63) is 65.7 Å². The number of hydrogen-bond acceptors (Lipinski definition) is 3. The van der Waals surface area contributed by atoms with Crippen LogP contribution in [0.15, 0.2) is 54.6 Å². The number of carbonyl (C=O) groups excluding carboxylic acids is 2. The van der Waals surface area contributed by atoms with Gasteiger partial charge in [0.2, 0.25) is 0 Å². The molecule has 0 bridgehead atoms. The Labute approximate surface area is 148 Å². The molecule has 0 saturated heterocycles. The highest BCUT2D eigenvalue weighted by molar-refractivity contribution is 6.39. The molecule has 0 spiro atoms. The van der Waals surface area contributed by atoms with Crippen LogP contribution in [0.2, 0.25) is 0 Å². The monoisotopic (exact) mass is 340 g/mol. The van der Waals surface area contributed by atoms with Crippen molar-refractivity contribution in [1.82, 2.24) is 5.32 Å². The van der Waals surface area contributed by atoms with Gasteiger partial charge in [0, 0.05) is 12.2 Å². The van der Waals surface area contributed by atoms with Crippen molar-refractivity contribution in [2.75, 3.05) is 11.9 Å². The molecule has 25 heavy (non-hydrogen) atoms. The molecule has 5 nitrogen and oxygen atoms in total. The molecular formula is C20H24N2O3. The molecule has 0 heterocycles. The number of aliphatic hydroxyl groups excluding tert-OH is 1. The Hall–Kier alpha value is -2.66. The molecule has 0 radical (unpaired) electrons. The van der Waals surface area contributed by atoms with Gasteiger partial charge in [-0.3, -0.25) is 9.59 Å². The number of amides is 2. The van der Waals surface area contributed by atoms with E-state index < -0.39 is 17.9 Å². The van der Waals surface area contributed by atoms with Gasteiger partial charge in [-0.1, -0.05) is 56.3 Å². The minimum atomic E-state index is -0.713. The second kappa shape index (κ2) is 8.99. The third-order valence-electron chi connectivity index (χ3n) is 3.91. The van der Waals surface area contributed by atoms with E-state index in [0.29, 0.717) is 18.0 Å². The summed E-state index contributed by atoms with van der Waals surface area (Å²) in [6, 6.07) is 16.6. The van der Waals surface area contributed by atoms with Gasteiger partial charge in [-0.25, -0.2) is 0 Å². The van der Waals surface area contributed by atoms with Crippen LogP contribution in [-0.4, -0.2) is 23.5 Å². The van der Waals surface area contributed by atoms with E-state index >= 15 is 0 Å². The van der Waals surface area contributed by atoms with Crippen LogP contribution < -0.4 is 10.6 Å². The average Bonchev–Trinajstić information content (AvgIpc) is 2.62. The third-order valence-corrected chi connectivity index (χ3v) is 3.91. The molecule has 0 aromatic heterocycles. The van der Waals surface area contributed by atoms with Crippen molar-refractivity contribution in [3.8, 4) is 0 Å². The zero-order valence-corrected chi connectivity index (χ0v) is 14.5. The Balaban J connectivity index is 1.80. The van der Waals surface area contributed by atoms with E-state index in [-0.39, 0.29) is 6.54 Å². The van der Waals surface area contributed by atoms with Crippen LogP contribution >= 0.6 is 0 Å². The first-order chi connectivity index (χ1) is 12.0. The Kier molecular flexibility index (Phi) is 6.71. The van der Waals surface area contributed by atoms with E-state index in [1.807, 2.05) is 48.5 Å². The summed E-state index contributed by atoms with van der Waals surface area (Å²) < 4.78 is 0. The lowest BCUT2D eigenvalue weighted by Gasteiger charge is -2.12. The molecule has 2 aromatic rings. The highest BCUT2D eigenvalue weighted by Crippen LogP contribution is 2.18. The smallest absolute Gasteiger partial charge is 0.313 e. The van der Waals surface area contributed by atoms with Gasteiger partial charge in [-0.05, 0) is 35.6 Å². The Morgan fingerprint density at radius 3 is 2.32 bits per heavy atom. The van der Waals surface area contributed by atoms with Crippen molar-refractivity contribution < 1.29 is 14.7 Å². The van der Waals surface area contributed by atoms with Crippen molar-refractivity contribution in [1.29, 1.82) is 0 Å². The molecule has 5 heteroatoms. The van der Waals surface area contributed by atoms with Crippen LogP contribution in [0.5, 0.6) is 0 Å². The molecular weight excluding hydrogens is 316 g/mol. The maximum Gasteiger partial charge on any atom is 0.313 e. The predicted octanol–water partition coefficient (Wildman–Crippen LogP) is 2.99. The fraction of sp³-hybridized carbons (Fsp3) is 0.300. The van der Waals surface area contributed by atoms with Crippen LogP contribution in [0.25, 0.3) is 0 Å². The maximum absolute atomic E-state index is 12.0. The van der Waals surface area contributed by atoms with E-state index in [2.05, 4.69) is 24.5 Å². The van der Waals surface area contributed by atoms with Crippen LogP contribution in [0, 0.1) is 0 Å². The van der Waals surface area contributed by atoms with Gasteiger partial charge < -0.3 is 15.7 Å². The average molecular weight is 340 g/mol. The molecule has 0 aliphatic rings. The Bertz CT molecular complexity index is 714. The van der Waals surface area contributed by atoms with E-state index in [1.165, 1.54) is 0 Å². The molecule has 0 aliphatic carbocycles. The molecule has 2 aromatic carbocycles. The zero-order chi connectivity index (χ0) is 18.2. The SMILES string of the molecule is CC(C)c1cccc(NC(=O)C(=O)NCCC(O)c2ccccc2)c1. The topological polar surface area (TPSA) is 78.4 Å². The van der Waals surface area contributed by atoms with Gasteiger partial charge in [0.25, 0.3) is 0 Å². The number of rotatable bonds is 6. The van der Waals surface area contributed by atoms with Gasteiger partial charge in [0.15, 0.2) is 0 Å². The van der Waals surface area contributed by atoms with Crippen LogP contribution in [0.3, 0.4) is 0 Å². The molecule has 0 aliphatic heterocycles. The summed E-state index contributed by atoms with van der Waals surface area (Å²) in [5.74, 6) is -1.09. The van der Waals surface area contributed by atoms with Gasteiger partial charge in [-0.15, -0.1) is 0 Å². The van der Waals surface area contributed by atoms with Crippen molar-refractivity contribution >= 4 is 17.5 Å². The van der Waals surface area contributed by atoms with Crippen LogP contribution in [0.4, 0.5) is 5.69 Å². The lowest BCUT2D eigenvalue weighted by molar-refractivity contribution is -0.136. The maximum atomic E-state index is 12.0. The standard InChI is InChI=1S/C20H24N2O3/c1-14(2)16-9-6-10-17(13-16)22-20(25)19(24)21-12-11-18(23)15-7-4-3-5-8-15/h3-10,13-14,18,23H,11-12H2,1-2H3,(H,21,24)(H,22,25). The van der Waals surface area contributed by atoms with Crippen LogP contribution in [-0.2, 0) is 9.59 Å². The molecule has 1 atom stereocenters. The zero-order valence-electron chi connectivity index (χ0n) is 14.5. The normalized spacial score (nSPS) is 11.8. The number of hydrogen-bond donors (Lipinski definition) is 3. The summed E-state index contributed by atoms with van der Waals surface area (Å²) in [6.07, 6.45) is -0.335. The number of nitrogens with one attached hydrogen (secondary N) is 2. The van der Waals surface area contributed by atoms with E-state index in [4.69, 9.17) is 0 Å². The summed E-state index contributed by atoms with van der Waals surface area (Å²) in [6.45, 7) is 4.34. The number of anilines is 1. The van der Waals surface area contributed by atoms with Gasteiger partial charge in [0.05, 0.1) is 6.10 Å². The fourth-order valence-corrected chi connectivity index (χ4v) is 2.41. The number of benzene rings is 2. The van der Waals surface area contributed by atoms with Crippen molar-refractivity contribution in [2.45, 2.75) is 32.3 Å². The van der Waals surface area contributed by atoms with Gasteiger partial charge >= 0.3 is 11.8 Å². The minimum absolute atomic E-state index is 0.217. The highest BCUT2D eigenvalue weighted by Gasteiger charge is 2.15. The van der Waals surface area contributed by atoms with Gasteiger partial charge in [0.1, 0.15) is 0 Å². The lowest BCUT2D eigenvalue weighted by Crippen LogP contribution is -2.36. The predicted molar refractivity (Wildman–Crippen MR) is 98.2 cm³/mol. The summed E-state index contributed by atoms with van der Waals surface area (Å²) in [7, 11) is 0. The molecule has 1 unspecified atom stereocenters. The number of carbonyl (C=O) groups is 2. The fourth-order valence-electron chi connectivity index (χ4n) is 2.41. The quantitative estimate of drug-likeness (QED) is 0.707. The van der Waals surface area contributed by atoms with Crippen molar-refractivity contribution in [3.63, 3.8) is 0 Å². The highest BCUT2D eigenvalue weighted by atomic mass is 16.3. The molecule has 2 amide bonds. The lowest BCUT2D eigenvalue weighted by atomic mass is 10.0. The Morgan fingerprint density at radius 1 is 0.960 bits per heavy atom. The molecule has 3 N–H and O–H groups in total. The first kappa shape index (κ1) is 18.7. The van der Waals surface area contributed by atoms with Gasteiger partial charge in [-0.2, -0.15) is 0 Å². The first-order valence-corrected chi connectivity index (χ1v) is 8.39. The first-order valence-electron chi connectivity index (χ1n) is 8.39. The van der Waals surface area contributed by atoms with Crippen LogP contribution in [0.1, 0.15) is 43.4 Å². The molecule has 132 valence electrons. The minimum Gasteiger partial charge on any atom is -0.388 e. The second-order valence-electron chi connectivity index (χ2n) is 6.21. The largest absolute Gasteiger partial charge is 0.388 e. The Morgan fingerprint density at radius 2 is 1.64 bits per heavy atom. The molecule has 0 saturated carbocycles. The molecule has 2 rings (SSSR count).